The molecule has 0 saturated carbocycles. The van der Waals surface area contributed by atoms with E-state index in [1.807, 2.05) is 6.07 Å². The van der Waals surface area contributed by atoms with E-state index in [2.05, 4.69) is 15.6 Å². The van der Waals surface area contributed by atoms with Gasteiger partial charge in [-0.1, -0.05) is 41.9 Å². The standard InChI is InChI=1S/C18H15ClN4O2/c1-2-23-18(25)15-9-4-3-8-14(15)16(22-23)17(24)21-20-11-12-6-5-7-13(19)10-12/h3-11H,2H2,1H3,(H,21,24)/b20-11-. The molecule has 1 aromatic heterocycles. The molecule has 3 aromatic rings. The number of aromatic nitrogens is 2. The Bertz CT molecular complexity index is 1030. The van der Waals surface area contributed by atoms with Crippen molar-refractivity contribution in [2.24, 2.45) is 5.10 Å². The lowest BCUT2D eigenvalue weighted by atomic mass is 10.1. The highest BCUT2D eigenvalue weighted by atomic mass is 35.5. The Morgan fingerprint density at radius 1 is 1.24 bits per heavy atom. The molecular formula is C18H15ClN4O2. The van der Waals surface area contributed by atoms with Crippen LogP contribution in [0.3, 0.4) is 0 Å². The molecule has 0 aliphatic heterocycles. The molecule has 25 heavy (non-hydrogen) atoms. The molecule has 0 aliphatic rings. The maximum absolute atomic E-state index is 12.5. The van der Waals surface area contributed by atoms with E-state index < -0.39 is 5.91 Å². The monoisotopic (exact) mass is 354 g/mol. The first-order chi connectivity index (χ1) is 12.1. The molecule has 2 aromatic carbocycles. The Kier molecular flexibility index (Phi) is 4.90. The summed E-state index contributed by atoms with van der Waals surface area (Å²) in [5, 5.41) is 9.61. The van der Waals surface area contributed by atoms with Crippen LogP contribution in [0.25, 0.3) is 10.8 Å². The summed E-state index contributed by atoms with van der Waals surface area (Å²) in [5.74, 6) is -0.489. The highest BCUT2D eigenvalue weighted by Gasteiger charge is 2.15. The van der Waals surface area contributed by atoms with Crippen LogP contribution in [0.5, 0.6) is 0 Å². The number of nitrogens with zero attached hydrogens (tertiary/aromatic N) is 3. The summed E-state index contributed by atoms with van der Waals surface area (Å²) in [5.41, 5.74) is 3.12. The Hall–Kier alpha value is -2.99. The summed E-state index contributed by atoms with van der Waals surface area (Å²) >= 11 is 5.90. The lowest BCUT2D eigenvalue weighted by Gasteiger charge is -2.08. The van der Waals surface area contributed by atoms with Crippen molar-refractivity contribution in [3.8, 4) is 0 Å². The number of benzene rings is 2. The van der Waals surface area contributed by atoms with Crippen molar-refractivity contribution in [2.75, 3.05) is 0 Å². The number of rotatable bonds is 4. The third-order valence-corrected chi connectivity index (χ3v) is 3.85. The lowest BCUT2D eigenvalue weighted by molar-refractivity contribution is 0.0949. The fourth-order valence-corrected chi connectivity index (χ4v) is 2.62. The van der Waals surface area contributed by atoms with Crippen LogP contribution < -0.4 is 11.0 Å². The minimum Gasteiger partial charge on any atom is -0.267 e. The molecule has 7 heteroatoms. The average molecular weight is 355 g/mol. The van der Waals surface area contributed by atoms with E-state index in [-0.39, 0.29) is 11.3 Å². The number of carbonyl (C=O) groups is 1. The molecule has 0 unspecified atom stereocenters. The fraction of sp³-hybridized carbons (Fsp3) is 0.111. The molecular weight excluding hydrogens is 340 g/mol. The minimum absolute atomic E-state index is 0.153. The Morgan fingerprint density at radius 2 is 2.00 bits per heavy atom. The van der Waals surface area contributed by atoms with Crippen molar-refractivity contribution in [1.29, 1.82) is 0 Å². The van der Waals surface area contributed by atoms with E-state index in [1.54, 1.807) is 49.4 Å². The van der Waals surface area contributed by atoms with Crippen molar-refractivity contribution in [3.05, 3.63) is 75.2 Å². The summed E-state index contributed by atoms with van der Waals surface area (Å²) in [4.78, 5) is 24.8. The zero-order valence-corrected chi connectivity index (χ0v) is 14.2. The van der Waals surface area contributed by atoms with E-state index in [0.29, 0.717) is 22.3 Å². The van der Waals surface area contributed by atoms with Gasteiger partial charge in [0.05, 0.1) is 11.6 Å². The fourth-order valence-electron chi connectivity index (χ4n) is 2.42. The number of amides is 1. The van der Waals surface area contributed by atoms with Crippen LogP contribution in [-0.4, -0.2) is 21.9 Å². The van der Waals surface area contributed by atoms with Gasteiger partial charge in [-0.05, 0) is 30.7 Å². The molecule has 0 fully saturated rings. The predicted octanol–water partition coefficient (Wildman–Crippen LogP) is 2.83. The van der Waals surface area contributed by atoms with Crippen LogP contribution in [-0.2, 0) is 6.54 Å². The Labute approximate surface area is 148 Å². The van der Waals surface area contributed by atoms with Gasteiger partial charge in [0, 0.05) is 17.0 Å². The van der Waals surface area contributed by atoms with Gasteiger partial charge in [-0.25, -0.2) is 10.1 Å². The van der Waals surface area contributed by atoms with E-state index in [4.69, 9.17) is 11.6 Å². The molecule has 3 rings (SSSR count). The van der Waals surface area contributed by atoms with Gasteiger partial charge < -0.3 is 0 Å². The minimum atomic E-state index is -0.489. The first-order valence-electron chi connectivity index (χ1n) is 7.69. The Morgan fingerprint density at radius 3 is 2.72 bits per heavy atom. The summed E-state index contributed by atoms with van der Waals surface area (Å²) in [6, 6.07) is 14.0. The summed E-state index contributed by atoms with van der Waals surface area (Å²) in [6.07, 6.45) is 1.49. The number of nitrogens with one attached hydrogen (secondary N) is 1. The molecule has 0 atom stereocenters. The van der Waals surface area contributed by atoms with E-state index in [0.717, 1.165) is 5.56 Å². The zero-order valence-electron chi connectivity index (χ0n) is 13.4. The zero-order chi connectivity index (χ0) is 17.8. The highest BCUT2D eigenvalue weighted by Crippen LogP contribution is 2.13. The molecule has 126 valence electrons. The highest BCUT2D eigenvalue weighted by molar-refractivity contribution is 6.30. The number of aryl methyl sites for hydroxylation is 1. The third-order valence-electron chi connectivity index (χ3n) is 3.61. The molecule has 6 nitrogen and oxygen atoms in total. The normalized spacial score (nSPS) is 11.1. The largest absolute Gasteiger partial charge is 0.292 e. The van der Waals surface area contributed by atoms with Crippen LogP contribution >= 0.6 is 11.6 Å². The molecule has 0 radical (unpaired) electrons. The van der Waals surface area contributed by atoms with Crippen molar-refractivity contribution in [3.63, 3.8) is 0 Å². The number of halogens is 1. The van der Waals surface area contributed by atoms with Crippen molar-refractivity contribution < 1.29 is 4.79 Å². The molecule has 0 saturated heterocycles. The summed E-state index contributed by atoms with van der Waals surface area (Å²) in [6.45, 7) is 2.16. The summed E-state index contributed by atoms with van der Waals surface area (Å²) < 4.78 is 1.26. The second-order valence-corrected chi connectivity index (χ2v) is 5.71. The maximum atomic E-state index is 12.5. The van der Waals surface area contributed by atoms with Crippen LogP contribution in [0.1, 0.15) is 23.0 Å². The SMILES string of the molecule is CCn1nc(C(=O)N/N=C\c2cccc(Cl)c2)c2ccccc2c1=O. The van der Waals surface area contributed by atoms with Gasteiger partial charge in [-0.2, -0.15) is 10.2 Å². The van der Waals surface area contributed by atoms with Gasteiger partial charge in [0.2, 0.25) is 0 Å². The molecule has 0 bridgehead atoms. The van der Waals surface area contributed by atoms with Crippen LogP contribution in [0.4, 0.5) is 0 Å². The van der Waals surface area contributed by atoms with Gasteiger partial charge in [-0.15, -0.1) is 0 Å². The van der Waals surface area contributed by atoms with Gasteiger partial charge >= 0.3 is 0 Å². The lowest BCUT2D eigenvalue weighted by Crippen LogP contribution is -2.28. The van der Waals surface area contributed by atoms with Crippen LogP contribution in [0.15, 0.2) is 58.4 Å². The molecule has 0 spiro atoms. The second kappa shape index (κ2) is 7.27. The average Bonchev–Trinajstić information content (AvgIpc) is 2.62. The number of hydrazone groups is 1. The van der Waals surface area contributed by atoms with Gasteiger partial charge in [-0.3, -0.25) is 9.59 Å². The van der Waals surface area contributed by atoms with Crippen molar-refractivity contribution in [2.45, 2.75) is 13.5 Å². The second-order valence-electron chi connectivity index (χ2n) is 5.27. The smallest absolute Gasteiger partial charge is 0.267 e. The summed E-state index contributed by atoms with van der Waals surface area (Å²) in [7, 11) is 0. The third kappa shape index (κ3) is 3.59. The number of carbonyl (C=O) groups excluding carboxylic acids is 1. The maximum Gasteiger partial charge on any atom is 0.292 e. The number of hydrogen-bond donors (Lipinski definition) is 1. The number of fused-ring (bicyclic) bond motifs is 1. The molecule has 0 aliphatic carbocycles. The predicted molar refractivity (Wildman–Crippen MR) is 98.2 cm³/mol. The molecule has 1 amide bonds. The van der Waals surface area contributed by atoms with Crippen LogP contribution in [0, 0.1) is 0 Å². The van der Waals surface area contributed by atoms with Crippen molar-refractivity contribution >= 4 is 34.5 Å². The van der Waals surface area contributed by atoms with E-state index in [1.165, 1.54) is 10.9 Å². The van der Waals surface area contributed by atoms with E-state index >= 15 is 0 Å². The quantitative estimate of drug-likeness (QED) is 0.578. The first kappa shape index (κ1) is 16.9. The first-order valence-corrected chi connectivity index (χ1v) is 8.06. The van der Waals surface area contributed by atoms with E-state index in [9.17, 15) is 9.59 Å². The number of hydrogen-bond acceptors (Lipinski definition) is 4. The van der Waals surface area contributed by atoms with Crippen molar-refractivity contribution in [1.82, 2.24) is 15.2 Å². The molecule has 1 N–H and O–H groups in total. The van der Waals surface area contributed by atoms with Crippen LogP contribution in [0.2, 0.25) is 5.02 Å². The van der Waals surface area contributed by atoms with Gasteiger partial charge in [0.1, 0.15) is 0 Å². The topological polar surface area (TPSA) is 76.3 Å². The van der Waals surface area contributed by atoms with Gasteiger partial charge in [0.15, 0.2) is 5.69 Å². The molecule has 1 heterocycles. The van der Waals surface area contributed by atoms with Gasteiger partial charge in [0.25, 0.3) is 11.5 Å². The Balaban J connectivity index is 1.92.